The Morgan fingerprint density at radius 3 is 1.56 bits per heavy atom. The molecule has 15 nitrogen and oxygen atoms in total. The van der Waals surface area contributed by atoms with E-state index in [-0.39, 0.29) is 63.4 Å². The standard InChI is InChI=1S/C15H20N2O2.C15H21NO.C14H24N2O2S.C12H22O.C11H24NO2.C10H18O.C7H16S/c1-15(2,3)14(19)12(16)6-9-8-17-13-5-4-10(18)7-11(9)13;1-15(2,3)8-4-5-11-10-16-14-7-6-12(17)9-13(11)14;1-14(2,3)11(17)7-5-4-6-10-12-9(8-19-10)15-13(18)16-12;1-6-7-8-9-12(4,5)11(13)10(2)3;1-11(2,3)10(14)7-9(13)8-12(4,5)6;1-5-6-7-8-9(11)10(2,3)4;1-7(2,3)5-4-6-8/h4-5,7-8,12,17-18H,6,16H2,1-3H3;6-7,9-10,16-17H,4-5,8H2,1-3H3;9-10,12H,4-8H2,1-3H3,(H2,15,16,18);7-8,10H,6,9H2,1-5H3;9,13H,7-8H2,1-6H3;6-7H,5,8H2,1-4H3;8H,4-6H2,1-3H3/q;;;;+1;;/b;;;8-7-;;7-6-;/t12-;;9-,10-,12-;;;;/m0.0..../s1. The molecule has 6 rings (SSSR count). The zero-order valence-corrected chi connectivity index (χ0v) is 70.0. The van der Waals surface area contributed by atoms with E-state index in [0.717, 1.165) is 83.8 Å². The number of nitrogens with one attached hydrogen (secondary N) is 4. The summed E-state index contributed by atoms with van der Waals surface area (Å²) < 4.78 is 0.679. The third-order valence-corrected chi connectivity index (χ3v) is 19.0. The van der Waals surface area contributed by atoms with Gasteiger partial charge in [-0.05, 0) is 135 Å². The number of hydrogen-bond donors (Lipinski definition) is 9. The van der Waals surface area contributed by atoms with Gasteiger partial charge in [-0.1, -0.05) is 197 Å². The summed E-state index contributed by atoms with van der Waals surface area (Å²) in [6, 6.07) is 10.7. The molecule has 9 N–H and O–H groups in total. The summed E-state index contributed by atoms with van der Waals surface area (Å²) >= 11 is 6.07. The van der Waals surface area contributed by atoms with E-state index in [1.165, 1.54) is 31.2 Å². The molecule has 4 aromatic rings. The van der Waals surface area contributed by atoms with Crippen LogP contribution in [0.3, 0.4) is 0 Å². The van der Waals surface area contributed by atoms with Crippen LogP contribution in [-0.2, 0) is 36.8 Å². The van der Waals surface area contributed by atoms with Crippen molar-refractivity contribution in [2.45, 2.75) is 292 Å². The largest absolute Gasteiger partial charge is 0.508 e. The first-order valence-corrected chi connectivity index (χ1v) is 38.9. The number of aliphatic hydroxyl groups excluding tert-OH is 1. The third kappa shape index (κ3) is 41.2. The average Bonchev–Trinajstić information content (AvgIpc) is 1.69. The van der Waals surface area contributed by atoms with Crippen molar-refractivity contribution >= 4 is 81.1 Å². The number of phenolic OH excluding ortho intramolecular Hbond substituents is 2. The summed E-state index contributed by atoms with van der Waals surface area (Å²) in [6.07, 6.45) is 25.6. The molecule has 0 saturated carbocycles. The lowest BCUT2D eigenvalue weighted by molar-refractivity contribution is -0.873. The predicted molar refractivity (Wildman–Crippen MR) is 434 cm³/mol. The molecular weight excluding hydrogens is 1300 g/mol. The number of carbonyl (C=O) groups excluding carboxylic acids is 6. The number of urea groups is 1. The van der Waals surface area contributed by atoms with Crippen LogP contribution in [0, 0.1) is 43.8 Å². The van der Waals surface area contributed by atoms with Crippen LogP contribution in [0.2, 0.25) is 0 Å². The lowest BCUT2D eigenvalue weighted by atomic mass is 9.79. The lowest BCUT2D eigenvalue weighted by Crippen LogP contribution is -2.42. The van der Waals surface area contributed by atoms with Crippen LogP contribution in [0.25, 0.3) is 21.8 Å². The van der Waals surface area contributed by atoms with E-state index in [4.69, 9.17) is 5.73 Å². The first kappa shape index (κ1) is 95.8. The number of ketones is 5. The number of thiol groups is 1. The maximum atomic E-state index is 12.1. The normalized spacial score (nSPS) is 16.3. The van der Waals surface area contributed by atoms with Gasteiger partial charge in [0.05, 0.1) is 39.3 Å². The number of allylic oxidation sites excluding steroid dienone is 4. The molecule has 2 aromatic carbocycles. The highest BCUT2D eigenvalue weighted by atomic mass is 32.2. The van der Waals surface area contributed by atoms with Crippen molar-refractivity contribution in [3.63, 3.8) is 0 Å². The quantitative estimate of drug-likeness (QED) is 0.00993. The lowest BCUT2D eigenvalue weighted by Gasteiger charge is -2.27. The fourth-order valence-electron chi connectivity index (χ4n) is 11.0. The molecule has 576 valence electrons. The number of nitrogens with zero attached hydrogens (tertiary/aromatic N) is 1. The van der Waals surface area contributed by atoms with Gasteiger partial charge in [0, 0.05) is 97.5 Å². The molecule has 0 radical (unpaired) electrons. The predicted octanol–water partition coefficient (Wildman–Crippen LogP) is 19.3. The molecule has 2 amide bonds. The van der Waals surface area contributed by atoms with Gasteiger partial charge in [0.2, 0.25) is 0 Å². The van der Waals surface area contributed by atoms with Crippen molar-refractivity contribution in [3.05, 3.63) is 84.2 Å². The minimum atomic E-state index is -0.527. The number of nitrogens with two attached hydrogens (primary N) is 1. The Morgan fingerprint density at radius 1 is 0.634 bits per heavy atom. The highest BCUT2D eigenvalue weighted by Gasteiger charge is 2.42. The summed E-state index contributed by atoms with van der Waals surface area (Å²) in [5.41, 5.74) is 9.83. The zero-order valence-electron chi connectivity index (χ0n) is 68.3. The second kappa shape index (κ2) is 43.9. The van der Waals surface area contributed by atoms with Gasteiger partial charge in [-0.3, -0.25) is 24.0 Å². The number of aromatic hydroxyl groups is 2. The van der Waals surface area contributed by atoms with Crippen LogP contribution in [0.4, 0.5) is 4.79 Å². The van der Waals surface area contributed by atoms with E-state index in [9.17, 15) is 44.1 Å². The number of aromatic nitrogens is 2. The molecule has 17 heteroatoms. The zero-order chi connectivity index (χ0) is 78.3. The van der Waals surface area contributed by atoms with Crippen molar-refractivity contribution in [2.24, 2.45) is 49.6 Å². The molecule has 4 heterocycles. The molecule has 2 aliphatic heterocycles. The molecule has 101 heavy (non-hydrogen) atoms. The van der Waals surface area contributed by atoms with Crippen LogP contribution in [0.15, 0.2) is 73.1 Å². The van der Waals surface area contributed by atoms with E-state index in [1.807, 2.05) is 180 Å². The first-order chi connectivity index (χ1) is 46.1. The fraction of sp³-hybridized carbons (Fsp3) is 0.690. The maximum absolute atomic E-state index is 12.1. The van der Waals surface area contributed by atoms with Gasteiger partial charge in [-0.2, -0.15) is 24.4 Å². The number of benzene rings is 2. The Morgan fingerprint density at radius 2 is 1.12 bits per heavy atom. The van der Waals surface area contributed by atoms with Gasteiger partial charge >= 0.3 is 6.03 Å². The summed E-state index contributed by atoms with van der Waals surface area (Å²) in [7, 11) is 6.01. The molecule has 0 aliphatic carbocycles. The fourth-order valence-corrected chi connectivity index (χ4v) is 12.7. The van der Waals surface area contributed by atoms with Crippen molar-refractivity contribution in [1.82, 2.24) is 20.6 Å². The summed E-state index contributed by atoms with van der Waals surface area (Å²) in [5, 5.41) is 37.3. The Bertz CT molecular complexity index is 3180. The topological polar surface area (TPSA) is 245 Å². The number of hydrogen-bond acceptors (Lipinski definition) is 12. The molecule has 2 saturated heterocycles. The Kier molecular flexibility index (Phi) is 41.7. The number of thioether (sulfide) groups is 1. The highest BCUT2D eigenvalue weighted by molar-refractivity contribution is 8.00. The number of fused-ring (bicyclic) bond motifs is 3. The van der Waals surface area contributed by atoms with Crippen LogP contribution in [-0.4, -0.2) is 133 Å². The van der Waals surface area contributed by atoms with Crippen LogP contribution < -0.4 is 16.4 Å². The second-order valence-electron chi connectivity index (χ2n) is 36.1. The number of rotatable bonds is 25. The number of H-pyrrole nitrogens is 2. The van der Waals surface area contributed by atoms with Crippen molar-refractivity contribution in [1.29, 1.82) is 0 Å². The van der Waals surface area contributed by atoms with Crippen molar-refractivity contribution in [3.8, 4) is 11.5 Å². The third-order valence-electron chi connectivity index (χ3n) is 17.2. The van der Waals surface area contributed by atoms with Crippen molar-refractivity contribution in [2.75, 3.05) is 39.2 Å². The molecule has 0 spiro atoms. The monoisotopic (exact) mass is 1450 g/mol. The van der Waals surface area contributed by atoms with E-state index in [0.29, 0.717) is 75.5 Å². The number of quaternary nitrogens is 1. The number of unbranched alkanes of at least 4 members (excludes halogenated alkanes) is 1. The van der Waals surface area contributed by atoms with Gasteiger partial charge in [0.15, 0.2) is 5.78 Å². The maximum Gasteiger partial charge on any atom is 0.315 e. The first-order valence-electron chi connectivity index (χ1n) is 37.2. The molecular formula is C84H145N6O9S2+. The number of aromatic amines is 2. The van der Waals surface area contributed by atoms with E-state index >= 15 is 0 Å². The average molecular weight is 1450 g/mol. The second-order valence-corrected chi connectivity index (χ2v) is 37.8. The molecule has 2 aliphatic rings. The van der Waals surface area contributed by atoms with Gasteiger partial charge in [-0.25, -0.2) is 4.79 Å². The Balaban J connectivity index is 0.00000117. The number of carbonyl (C=O) groups is 6. The highest BCUT2D eigenvalue weighted by Crippen LogP contribution is 2.34. The van der Waals surface area contributed by atoms with Crippen LogP contribution in [0.1, 0.15) is 261 Å². The summed E-state index contributed by atoms with van der Waals surface area (Å²) in [6.45, 7) is 49.4. The van der Waals surface area contributed by atoms with Gasteiger partial charge < -0.3 is 46.1 Å². The molecule has 5 atom stereocenters. The van der Waals surface area contributed by atoms with Crippen molar-refractivity contribution < 1.29 is 48.6 Å². The van der Waals surface area contributed by atoms with E-state index in [2.05, 4.69) is 107 Å². The molecule has 2 fully saturated rings. The Hall–Kier alpha value is -5.20. The van der Waals surface area contributed by atoms with Gasteiger partial charge in [0.25, 0.3) is 0 Å². The number of amides is 2. The molecule has 1 unspecified atom stereocenters. The van der Waals surface area contributed by atoms with Crippen LogP contribution >= 0.6 is 24.4 Å². The smallest absolute Gasteiger partial charge is 0.315 e. The van der Waals surface area contributed by atoms with Crippen LogP contribution in [0.5, 0.6) is 11.5 Å². The van der Waals surface area contributed by atoms with E-state index in [1.54, 1.807) is 18.2 Å². The SMILES string of the molecule is CC(C)(C)C(=O)CC(O)C[N+](C)(C)C.CC(C)(C)C(=O)CCCC[C@@H]1SC[C@@H]2NC(=O)N[C@@H]21.CC(C)(C)C(=O)[C@@H](N)Cc1c[nH]c2ccc(O)cc12.CC(C)(C)CCCS.CC(C)(C)CCCc1c[nH]c2ccc(O)cc12.CC/C=C\CC(=O)C(C)(C)C.CC/C=C\CC(C)(C)C(=O)C(C)C. The Labute approximate surface area is 623 Å². The summed E-state index contributed by atoms with van der Waals surface area (Å²) in [4.78, 5) is 76.2. The molecule has 0 bridgehead atoms. The van der Waals surface area contributed by atoms with Gasteiger partial charge in [-0.15, -0.1) is 0 Å². The number of Topliss-reactive ketones (excluding diaryl/α,β-unsaturated/α-hetero) is 5. The summed E-state index contributed by atoms with van der Waals surface area (Å²) in [5.74, 6) is 3.91. The van der Waals surface area contributed by atoms with E-state index < -0.39 is 17.6 Å². The number of phenols is 2. The van der Waals surface area contributed by atoms with Gasteiger partial charge in [0.1, 0.15) is 47.3 Å². The molecule has 2 aromatic heterocycles. The minimum Gasteiger partial charge on any atom is -0.508 e. The number of aryl methyl sites for hydroxylation is 1. The number of likely N-dealkylation sites (N-methyl/N-ethyl adjacent to an activating group) is 1. The minimum absolute atomic E-state index is 0.0248. The number of aliphatic hydroxyl groups is 1.